The molecule has 7 nitrogen and oxygen atoms in total. The van der Waals surface area contributed by atoms with Crippen LogP contribution in [0.5, 0.6) is 0 Å². The number of benzene rings is 2. The van der Waals surface area contributed by atoms with Crippen LogP contribution < -0.4 is 10.9 Å². The molecule has 0 unspecified atom stereocenters. The van der Waals surface area contributed by atoms with E-state index < -0.39 is 0 Å². The molecule has 31 heavy (non-hydrogen) atoms. The lowest BCUT2D eigenvalue weighted by Gasteiger charge is -2.12. The number of nitrogens with zero attached hydrogens (tertiary/aromatic N) is 3. The van der Waals surface area contributed by atoms with E-state index >= 15 is 0 Å². The van der Waals surface area contributed by atoms with E-state index in [2.05, 4.69) is 15.5 Å². The molecule has 8 heteroatoms. The number of rotatable bonds is 5. The van der Waals surface area contributed by atoms with E-state index in [0.717, 1.165) is 18.2 Å². The van der Waals surface area contributed by atoms with Gasteiger partial charge in [-0.1, -0.05) is 23.4 Å². The largest absolute Gasteiger partial charge is 0.334 e. The van der Waals surface area contributed by atoms with Gasteiger partial charge in [0.15, 0.2) is 5.82 Å². The van der Waals surface area contributed by atoms with Gasteiger partial charge >= 0.3 is 0 Å². The number of hydrogen-bond donors (Lipinski definition) is 1. The maximum Gasteiger partial charge on any atom is 0.258 e. The molecule has 0 saturated heterocycles. The lowest BCUT2D eigenvalue weighted by atomic mass is 10.1. The first-order chi connectivity index (χ1) is 15.0. The summed E-state index contributed by atoms with van der Waals surface area (Å²) in [4.78, 5) is 30.0. The molecule has 4 aromatic rings. The lowest BCUT2D eigenvalue weighted by Crippen LogP contribution is -2.27. The predicted molar refractivity (Wildman–Crippen MR) is 113 cm³/mol. The molecule has 2 aromatic carbocycles. The number of aryl methyl sites for hydroxylation is 1. The van der Waals surface area contributed by atoms with Crippen molar-refractivity contribution in [2.24, 2.45) is 0 Å². The van der Waals surface area contributed by atoms with Gasteiger partial charge in [0, 0.05) is 23.1 Å². The number of nitrogens with one attached hydrogen (secondary N) is 1. The lowest BCUT2D eigenvalue weighted by molar-refractivity contribution is -0.116. The number of aromatic nitrogens is 3. The minimum atomic E-state index is -0.389. The highest BCUT2D eigenvalue weighted by Gasteiger charge is 2.29. The van der Waals surface area contributed by atoms with Gasteiger partial charge in [-0.15, -0.1) is 0 Å². The average molecular weight is 418 g/mol. The predicted octanol–water partition coefficient (Wildman–Crippen LogP) is 4.02. The molecule has 0 aliphatic heterocycles. The van der Waals surface area contributed by atoms with Crippen molar-refractivity contribution >= 4 is 22.5 Å². The first kappa shape index (κ1) is 19.2. The van der Waals surface area contributed by atoms with E-state index in [-0.39, 0.29) is 23.8 Å². The van der Waals surface area contributed by atoms with Gasteiger partial charge in [0.25, 0.3) is 11.4 Å². The van der Waals surface area contributed by atoms with Crippen molar-refractivity contribution in [2.45, 2.75) is 32.2 Å². The van der Waals surface area contributed by atoms with Crippen LogP contribution in [-0.2, 0) is 11.3 Å². The number of pyridine rings is 1. The van der Waals surface area contributed by atoms with Crippen LogP contribution in [0.2, 0.25) is 0 Å². The fraction of sp³-hybridized carbons (Fsp3) is 0.217. The van der Waals surface area contributed by atoms with Gasteiger partial charge in [-0.25, -0.2) is 4.39 Å². The third-order valence-electron chi connectivity index (χ3n) is 5.38. The van der Waals surface area contributed by atoms with Crippen molar-refractivity contribution in [3.8, 4) is 11.5 Å². The maximum atomic E-state index is 13.5. The summed E-state index contributed by atoms with van der Waals surface area (Å²) in [7, 11) is 0. The van der Waals surface area contributed by atoms with Gasteiger partial charge in [-0.05, 0) is 49.6 Å². The number of halogens is 1. The second kappa shape index (κ2) is 7.46. The number of anilines is 1. The Morgan fingerprint density at radius 1 is 1.23 bits per heavy atom. The summed E-state index contributed by atoms with van der Waals surface area (Å²) < 4.78 is 20.3. The maximum absolute atomic E-state index is 13.5. The summed E-state index contributed by atoms with van der Waals surface area (Å²) in [5.41, 5.74) is 1.67. The van der Waals surface area contributed by atoms with Crippen LogP contribution in [0.15, 0.2) is 57.8 Å². The molecule has 0 spiro atoms. The zero-order valence-electron chi connectivity index (χ0n) is 16.8. The van der Waals surface area contributed by atoms with Crippen LogP contribution in [0, 0.1) is 12.7 Å². The Kier molecular flexibility index (Phi) is 4.62. The number of carbonyl (C=O) groups is 1. The van der Waals surface area contributed by atoms with Crippen LogP contribution in [0.3, 0.4) is 0 Å². The van der Waals surface area contributed by atoms with Crippen molar-refractivity contribution in [2.75, 3.05) is 5.32 Å². The van der Waals surface area contributed by atoms with E-state index in [1.54, 1.807) is 25.1 Å². The normalized spacial score (nSPS) is 13.5. The Balaban J connectivity index is 1.49. The standard InChI is InChI=1S/C23H19FN4O3/c1-13-10-15(8-9-18(13)24)25-20(29)12-28-19-5-3-2-4-16(19)17(11-21(28)30)23-26-22(27-31-23)14-6-7-14/h2-5,8-11,14H,6-7,12H2,1H3,(H,25,29). The number of hydrogen-bond acceptors (Lipinski definition) is 5. The van der Waals surface area contributed by atoms with Crippen LogP contribution in [0.1, 0.15) is 30.1 Å². The van der Waals surface area contributed by atoms with Crippen molar-refractivity contribution in [3.05, 3.63) is 76.1 Å². The van der Waals surface area contributed by atoms with E-state index in [9.17, 15) is 14.0 Å². The number of amides is 1. The molecule has 5 rings (SSSR count). The molecule has 0 radical (unpaired) electrons. The van der Waals surface area contributed by atoms with Crippen molar-refractivity contribution < 1.29 is 13.7 Å². The topological polar surface area (TPSA) is 90.0 Å². The van der Waals surface area contributed by atoms with E-state index in [0.29, 0.717) is 40.0 Å². The van der Waals surface area contributed by atoms with Crippen molar-refractivity contribution in [1.29, 1.82) is 0 Å². The fourth-order valence-corrected chi connectivity index (χ4v) is 3.59. The summed E-state index contributed by atoms with van der Waals surface area (Å²) in [6.07, 6.45) is 2.09. The Hall–Kier alpha value is -3.81. The Morgan fingerprint density at radius 2 is 2.03 bits per heavy atom. The van der Waals surface area contributed by atoms with Gasteiger partial charge in [-0.3, -0.25) is 14.2 Å². The minimum absolute atomic E-state index is 0.187. The molecule has 0 bridgehead atoms. The minimum Gasteiger partial charge on any atom is -0.334 e. The van der Waals surface area contributed by atoms with Gasteiger partial charge in [0.2, 0.25) is 5.91 Å². The molecule has 1 saturated carbocycles. The van der Waals surface area contributed by atoms with E-state index in [4.69, 9.17) is 4.52 Å². The highest BCUT2D eigenvalue weighted by Crippen LogP contribution is 2.39. The number of fused-ring (bicyclic) bond motifs is 1. The van der Waals surface area contributed by atoms with Crippen molar-refractivity contribution in [1.82, 2.24) is 14.7 Å². The molecule has 2 aromatic heterocycles. The molecule has 2 heterocycles. The first-order valence-electron chi connectivity index (χ1n) is 10.0. The zero-order valence-corrected chi connectivity index (χ0v) is 16.8. The Bertz CT molecular complexity index is 1370. The summed E-state index contributed by atoms with van der Waals surface area (Å²) in [5.74, 6) is 0.565. The van der Waals surface area contributed by atoms with Crippen molar-refractivity contribution in [3.63, 3.8) is 0 Å². The third-order valence-corrected chi connectivity index (χ3v) is 5.38. The van der Waals surface area contributed by atoms with Gasteiger partial charge in [0.1, 0.15) is 12.4 Å². The Labute approximate surface area is 176 Å². The van der Waals surface area contributed by atoms with Crippen LogP contribution in [0.25, 0.3) is 22.4 Å². The smallest absolute Gasteiger partial charge is 0.258 e. The highest BCUT2D eigenvalue weighted by molar-refractivity contribution is 5.95. The second-order valence-electron chi connectivity index (χ2n) is 7.74. The molecule has 1 N–H and O–H groups in total. The summed E-state index contributed by atoms with van der Waals surface area (Å²) in [6, 6.07) is 13.0. The number of para-hydroxylation sites is 1. The average Bonchev–Trinajstić information content (AvgIpc) is 3.49. The Morgan fingerprint density at radius 3 is 2.81 bits per heavy atom. The van der Waals surface area contributed by atoms with Crippen LogP contribution >= 0.6 is 0 Å². The molecule has 1 amide bonds. The van der Waals surface area contributed by atoms with Gasteiger partial charge in [-0.2, -0.15) is 4.98 Å². The first-order valence-corrected chi connectivity index (χ1v) is 10.0. The molecule has 0 atom stereocenters. The van der Waals surface area contributed by atoms with E-state index in [1.165, 1.54) is 22.8 Å². The zero-order chi connectivity index (χ0) is 21.5. The fourth-order valence-electron chi connectivity index (χ4n) is 3.59. The molecule has 1 aliphatic carbocycles. The monoisotopic (exact) mass is 418 g/mol. The summed E-state index contributed by atoms with van der Waals surface area (Å²) in [6.45, 7) is 1.43. The third kappa shape index (κ3) is 3.72. The SMILES string of the molecule is Cc1cc(NC(=O)Cn2c(=O)cc(-c3nc(C4CC4)no3)c3ccccc32)ccc1F. The summed E-state index contributed by atoms with van der Waals surface area (Å²) >= 11 is 0. The van der Waals surface area contributed by atoms with Crippen LogP contribution in [0.4, 0.5) is 10.1 Å². The molecule has 1 fully saturated rings. The molecule has 156 valence electrons. The highest BCUT2D eigenvalue weighted by atomic mass is 19.1. The van der Waals surface area contributed by atoms with Gasteiger partial charge < -0.3 is 9.84 Å². The van der Waals surface area contributed by atoms with Crippen LogP contribution in [-0.4, -0.2) is 20.6 Å². The number of carbonyl (C=O) groups excluding carboxylic acids is 1. The molecule has 1 aliphatic rings. The van der Waals surface area contributed by atoms with E-state index in [1.807, 2.05) is 12.1 Å². The van der Waals surface area contributed by atoms with Gasteiger partial charge in [0.05, 0.1) is 11.1 Å². The summed E-state index contributed by atoms with van der Waals surface area (Å²) in [5, 5.41) is 7.48. The quantitative estimate of drug-likeness (QED) is 0.529. The molecular formula is C23H19FN4O3. The second-order valence-corrected chi connectivity index (χ2v) is 7.74. The molecular weight excluding hydrogens is 399 g/mol.